The second-order valence-electron chi connectivity index (χ2n) is 19.0. The quantitative estimate of drug-likeness (QED) is 0.103. The monoisotopic (exact) mass is 864 g/mol. The molecule has 4 heterocycles. The Labute approximate surface area is 373 Å². The molecule has 2 spiro atoms. The van der Waals surface area contributed by atoms with Crippen LogP contribution < -0.4 is 10.6 Å². The van der Waals surface area contributed by atoms with Crippen LogP contribution in [-0.2, 0) is 19.1 Å². The number of hydrogen-bond acceptors (Lipinski definition) is 8. The van der Waals surface area contributed by atoms with Gasteiger partial charge in [-0.3, -0.25) is 9.59 Å². The summed E-state index contributed by atoms with van der Waals surface area (Å²) in [5.74, 6) is 7.60. The lowest BCUT2D eigenvalue weighted by atomic mass is 10.0. The van der Waals surface area contributed by atoms with Gasteiger partial charge >= 0.3 is 12.2 Å². The van der Waals surface area contributed by atoms with Gasteiger partial charge in [0.1, 0.15) is 23.7 Å². The molecular formula is C50H56N8O6. The van der Waals surface area contributed by atoms with Gasteiger partial charge in [-0.15, -0.1) is 0 Å². The van der Waals surface area contributed by atoms with Crippen LogP contribution >= 0.6 is 0 Å². The van der Waals surface area contributed by atoms with E-state index >= 15 is 0 Å². The van der Waals surface area contributed by atoms with Gasteiger partial charge in [0.2, 0.25) is 11.8 Å². The standard InChI is InChI=1S/C50H56N8O6/c1-29(2)39(55-47(61)63-5)45(59)57-27-49(20-21-49)25-37(57)43-51-35-19-16-32(24-36(35)52-43)13-12-31-14-17-34(18-15-31)42-41(33-10-8-7-9-11-33)53-44(54-42)38-26-50(22-23-50)28-58(38)46(60)40(30(3)4)56-48(62)64-6/h7-11,14-19,24,29-30,37-40H,20-23,25-28H2,1-6H3,(H,51,52)(H,53,54)(H,55,61)(H,56,62)/t37-,38-,39-,40-/m0/s1. The van der Waals surface area contributed by atoms with E-state index in [2.05, 4.69) is 32.4 Å². The third-order valence-corrected chi connectivity index (χ3v) is 13.7. The first-order chi connectivity index (χ1) is 30.8. The summed E-state index contributed by atoms with van der Waals surface area (Å²) in [6.45, 7) is 8.95. The molecule has 3 aromatic carbocycles. The minimum Gasteiger partial charge on any atom is -0.453 e. The Morgan fingerprint density at radius 3 is 1.70 bits per heavy atom. The molecule has 4 N–H and O–H groups in total. The van der Waals surface area contributed by atoms with Crippen LogP contribution in [0.3, 0.4) is 0 Å². The molecule has 2 aromatic heterocycles. The number of aromatic amines is 2. The number of imidazole rings is 2. The number of nitrogens with one attached hydrogen (secondary N) is 4. The smallest absolute Gasteiger partial charge is 0.407 e. The van der Waals surface area contributed by atoms with E-state index in [1.165, 1.54) is 14.2 Å². The van der Waals surface area contributed by atoms with Crippen molar-refractivity contribution in [3.05, 3.63) is 95.6 Å². The summed E-state index contributed by atoms with van der Waals surface area (Å²) in [5.41, 5.74) is 7.01. The van der Waals surface area contributed by atoms with Crippen molar-refractivity contribution in [3.63, 3.8) is 0 Å². The van der Waals surface area contributed by atoms with Crippen molar-refractivity contribution in [1.82, 2.24) is 40.4 Å². The third kappa shape index (κ3) is 8.43. The molecule has 2 aliphatic heterocycles. The van der Waals surface area contributed by atoms with Gasteiger partial charge in [0.05, 0.1) is 48.7 Å². The molecule has 2 saturated carbocycles. The van der Waals surface area contributed by atoms with Gasteiger partial charge in [-0.05, 0) is 91.5 Å². The van der Waals surface area contributed by atoms with Crippen LogP contribution in [0.15, 0.2) is 72.8 Å². The van der Waals surface area contributed by atoms with Gasteiger partial charge in [0.25, 0.3) is 0 Å². The van der Waals surface area contributed by atoms with Gasteiger partial charge in [-0.25, -0.2) is 19.6 Å². The Morgan fingerprint density at radius 2 is 1.19 bits per heavy atom. The number of likely N-dealkylation sites (tertiary alicyclic amines) is 2. The second-order valence-corrected chi connectivity index (χ2v) is 19.0. The molecule has 14 heteroatoms. The molecule has 9 rings (SSSR count). The van der Waals surface area contributed by atoms with Gasteiger partial charge in [-0.2, -0.15) is 0 Å². The second kappa shape index (κ2) is 16.8. The van der Waals surface area contributed by atoms with Crippen molar-refractivity contribution in [1.29, 1.82) is 0 Å². The van der Waals surface area contributed by atoms with Gasteiger partial charge in [0, 0.05) is 35.3 Å². The summed E-state index contributed by atoms with van der Waals surface area (Å²) < 4.78 is 9.70. The molecule has 5 aromatic rings. The number of rotatable bonds is 10. The van der Waals surface area contributed by atoms with Crippen LogP contribution in [-0.4, -0.2) is 93.1 Å². The Hall–Kier alpha value is -6.62. The first-order valence-corrected chi connectivity index (χ1v) is 22.4. The lowest BCUT2D eigenvalue weighted by Crippen LogP contribution is -2.51. The fraction of sp³-hybridized carbons (Fsp3) is 0.440. The molecule has 332 valence electrons. The Bertz CT molecular complexity index is 2650. The molecule has 2 aliphatic carbocycles. The van der Waals surface area contributed by atoms with E-state index < -0.39 is 24.3 Å². The summed E-state index contributed by atoms with van der Waals surface area (Å²) in [6.07, 6.45) is 4.64. The predicted molar refractivity (Wildman–Crippen MR) is 241 cm³/mol. The Morgan fingerprint density at radius 1 is 0.672 bits per heavy atom. The van der Waals surface area contributed by atoms with Crippen LogP contribution in [0.4, 0.5) is 9.59 Å². The molecule has 2 saturated heterocycles. The van der Waals surface area contributed by atoms with E-state index in [0.717, 1.165) is 94.8 Å². The normalized spacial score (nSPS) is 20.0. The van der Waals surface area contributed by atoms with Gasteiger partial charge in [0.15, 0.2) is 0 Å². The number of benzene rings is 3. The van der Waals surface area contributed by atoms with Crippen LogP contribution in [0, 0.1) is 34.5 Å². The summed E-state index contributed by atoms with van der Waals surface area (Å²) in [6, 6.07) is 22.1. The van der Waals surface area contributed by atoms with Crippen molar-refractivity contribution in [2.24, 2.45) is 22.7 Å². The zero-order valence-corrected chi connectivity index (χ0v) is 37.3. The average molecular weight is 865 g/mol. The minimum atomic E-state index is -0.726. The van der Waals surface area contributed by atoms with Crippen molar-refractivity contribution in [2.45, 2.75) is 90.4 Å². The largest absolute Gasteiger partial charge is 0.453 e. The van der Waals surface area contributed by atoms with Gasteiger partial charge < -0.3 is 39.9 Å². The highest BCUT2D eigenvalue weighted by Gasteiger charge is 2.56. The Balaban J connectivity index is 0.958. The van der Waals surface area contributed by atoms with E-state index in [9.17, 15) is 19.2 Å². The number of amides is 4. The maximum absolute atomic E-state index is 14.2. The zero-order chi connectivity index (χ0) is 44.9. The maximum atomic E-state index is 14.2. The van der Waals surface area contributed by atoms with Crippen molar-refractivity contribution in [2.75, 3.05) is 27.3 Å². The van der Waals surface area contributed by atoms with Gasteiger partial charge in [-0.1, -0.05) is 82.0 Å². The number of ether oxygens (including phenoxy) is 2. The minimum absolute atomic E-state index is 0.0670. The fourth-order valence-electron chi connectivity index (χ4n) is 9.59. The van der Waals surface area contributed by atoms with Crippen LogP contribution in [0.2, 0.25) is 0 Å². The number of H-pyrrole nitrogens is 2. The van der Waals surface area contributed by atoms with Crippen molar-refractivity contribution >= 4 is 35.0 Å². The summed E-state index contributed by atoms with van der Waals surface area (Å²) in [7, 11) is 2.60. The highest BCUT2D eigenvalue weighted by atomic mass is 16.5. The first kappa shape index (κ1) is 42.7. The average Bonchev–Trinajstić information content (AvgIpc) is 3.94. The van der Waals surface area contributed by atoms with E-state index in [1.807, 2.05) is 110 Å². The molecule has 14 nitrogen and oxygen atoms in total. The number of methoxy groups -OCH3 is 2. The number of fused-ring (bicyclic) bond motifs is 1. The third-order valence-electron chi connectivity index (χ3n) is 13.7. The fourth-order valence-corrected chi connectivity index (χ4v) is 9.59. The molecule has 4 aliphatic rings. The number of hydrogen-bond donors (Lipinski definition) is 4. The van der Waals surface area contributed by atoms with Crippen molar-refractivity contribution in [3.8, 4) is 34.4 Å². The van der Waals surface area contributed by atoms with Crippen LogP contribution in [0.25, 0.3) is 33.5 Å². The topological polar surface area (TPSA) is 175 Å². The molecule has 4 fully saturated rings. The SMILES string of the molecule is COC(=O)N[C@H](C(=O)N1CC2(CC2)C[C@H]1c1nc(-c2ccccc2)c(-c2ccc(C#Cc3ccc4nc([C@@H]5CC6(CC6)CN5C(=O)[C@@H](NC(=O)OC)C(C)C)[nH]c4c3)cc2)[nH]1)C(C)C. The summed E-state index contributed by atoms with van der Waals surface area (Å²) in [4.78, 5) is 73.7. The number of carbonyl (C=O) groups excluding carboxylic acids is 4. The van der Waals surface area contributed by atoms with Crippen LogP contribution in [0.1, 0.15) is 101 Å². The number of aromatic nitrogens is 4. The van der Waals surface area contributed by atoms with Crippen molar-refractivity contribution < 1.29 is 28.7 Å². The molecular weight excluding hydrogens is 809 g/mol. The molecule has 4 amide bonds. The molecule has 0 radical (unpaired) electrons. The maximum Gasteiger partial charge on any atom is 0.407 e. The lowest BCUT2D eigenvalue weighted by Gasteiger charge is -2.30. The summed E-state index contributed by atoms with van der Waals surface area (Å²) >= 11 is 0. The predicted octanol–water partition coefficient (Wildman–Crippen LogP) is 7.89. The first-order valence-electron chi connectivity index (χ1n) is 22.4. The van der Waals surface area contributed by atoms with Crippen LogP contribution in [0.5, 0.6) is 0 Å². The number of nitrogens with zero attached hydrogens (tertiary/aromatic N) is 4. The van der Waals surface area contributed by atoms with E-state index in [4.69, 9.17) is 19.4 Å². The Kier molecular flexibility index (Phi) is 11.2. The molecule has 0 bridgehead atoms. The number of alkyl carbamates (subject to hydrolysis) is 2. The molecule has 4 atom stereocenters. The molecule has 0 unspecified atom stereocenters. The lowest BCUT2D eigenvalue weighted by molar-refractivity contribution is -0.136. The van der Waals surface area contributed by atoms with E-state index in [-0.39, 0.29) is 46.6 Å². The highest BCUT2D eigenvalue weighted by Crippen LogP contribution is 2.59. The zero-order valence-electron chi connectivity index (χ0n) is 37.3. The summed E-state index contributed by atoms with van der Waals surface area (Å²) in [5, 5.41) is 5.52. The van der Waals surface area contributed by atoms with E-state index in [1.54, 1.807) is 0 Å². The molecule has 64 heavy (non-hydrogen) atoms. The number of carbonyl (C=O) groups is 4. The highest BCUT2D eigenvalue weighted by molar-refractivity contribution is 5.88. The van der Waals surface area contributed by atoms with E-state index in [0.29, 0.717) is 13.1 Å².